The summed E-state index contributed by atoms with van der Waals surface area (Å²) in [6.45, 7) is 1.98. The molecule has 1 saturated carbocycles. The van der Waals surface area contributed by atoms with Gasteiger partial charge in [0.25, 0.3) is 5.91 Å². The van der Waals surface area contributed by atoms with E-state index < -0.39 is 0 Å². The largest absolute Gasteiger partial charge is 0.496 e. The van der Waals surface area contributed by atoms with Crippen LogP contribution in [0, 0.1) is 5.92 Å². The second-order valence-corrected chi connectivity index (χ2v) is 11.7. The van der Waals surface area contributed by atoms with Crippen LogP contribution in [0.3, 0.4) is 0 Å². The molecule has 2 aromatic heterocycles. The van der Waals surface area contributed by atoms with Gasteiger partial charge in [0, 0.05) is 30.5 Å². The van der Waals surface area contributed by atoms with E-state index in [0.29, 0.717) is 29.3 Å². The highest BCUT2D eigenvalue weighted by molar-refractivity contribution is 7.14. The number of thiophene rings is 1. The van der Waals surface area contributed by atoms with E-state index in [1.54, 1.807) is 19.5 Å². The first kappa shape index (κ1) is 27.3. The number of amides is 2. The first-order valence-corrected chi connectivity index (χ1v) is 14.6. The number of carbonyl (C=O) groups excluding carboxylic acids is 2. The SMILES string of the molecule is COc1cc(-c2cncc(-c3cc(NC(=O)CC4CCCC4)cs3)n2)ccc1C(=O)N(C)C1CCN(C)CC1. The molecular weight excluding hydrogens is 510 g/mol. The van der Waals surface area contributed by atoms with Crippen LogP contribution in [0.2, 0.25) is 0 Å². The molecular formula is C30H37N5O3S. The topological polar surface area (TPSA) is 87.7 Å². The van der Waals surface area contributed by atoms with E-state index in [0.717, 1.165) is 60.6 Å². The third-order valence-electron chi connectivity index (χ3n) is 8.00. The second kappa shape index (κ2) is 12.3. The minimum atomic E-state index is -0.0334. The third-order valence-corrected chi connectivity index (χ3v) is 8.96. The van der Waals surface area contributed by atoms with Crippen LogP contribution in [0.15, 0.2) is 42.0 Å². The monoisotopic (exact) mass is 547 g/mol. The number of likely N-dealkylation sites (tertiary alicyclic amines) is 1. The van der Waals surface area contributed by atoms with E-state index in [-0.39, 0.29) is 17.9 Å². The quantitative estimate of drug-likeness (QED) is 0.397. The zero-order valence-electron chi connectivity index (χ0n) is 23.0. The third kappa shape index (κ3) is 6.47. The second-order valence-electron chi connectivity index (χ2n) is 10.8. The molecule has 5 rings (SSSR count). The highest BCUT2D eigenvalue weighted by Gasteiger charge is 2.27. The molecule has 2 amide bonds. The number of nitrogens with one attached hydrogen (secondary N) is 1. The van der Waals surface area contributed by atoms with E-state index in [2.05, 4.69) is 22.2 Å². The molecule has 206 valence electrons. The van der Waals surface area contributed by atoms with Crippen molar-refractivity contribution in [3.63, 3.8) is 0 Å². The van der Waals surface area contributed by atoms with Gasteiger partial charge in [-0.15, -0.1) is 11.3 Å². The van der Waals surface area contributed by atoms with Crippen molar-refractivity contribution in [3.05, 3.63) is 47.6 Å². The number of rotatable bonds is 8. The van der Waals surface area contributed by atoms with Gasteiger partial charge in [0.15, 0.2) is 0 Å². The summed E-state index contributed by atoms with van der Waals surface area (Å²) in [6, 6.07) is 7.75. The average molecular weight is 548 g/mol. The van der Waals surface area contributed by atoms with Gasteiger partial charge in [-0.3, -0.25) is 14.6 Å². The van der Waals surface area contributed by atoms with Crippen molar-refractivity contribution in [1.29, 1.82) is 0 Å². The first-order valence-electron chi connectivity index (χ1n) is 13.8. The van der Waals surface area contributed by atoms with E-state index in [1.807, 2.05) is 41.6 Å². The highest BCUT2D eigenvalue weighted by Crippen LogP contribution is 2.33. The Hall–Kier alpha value is -3.30. The number of benzene rings is 1. The molecule has 3 heterocycles. The summed E-state index contributed by atoms with van der Waals surface area (Å²) in [4.78, 5) is 40.1. The lowest BCUT2D eigenvalue weighted by molar-refractivity contribution is -0.117. The summed E-state index contributed by atoms with van der Waals surface area (Å²) in [7, 11) is 5.58. The van der Waals surface area contributed by atoms with Gasteiger partial charge in [-0.05, 0) is 69.9 Å². The molecule has 0 atom stereocenters. The van der Waals surface area contributed by atoms with Crippen LogP contribution < -0.4 is 10.1 Å². The number of hydrogen-bond acceptors (Lipinski definition) is 7. The van der Waals surface area contributed by atoms with Crippen molar-refractivity contribution >= 4 is 28.8 Å². The van der Waals surface area contributed by atoms with Crippen LogP contribution in [0.4, 0.5) is 5.69 Å². The molecule has 1 N–H and O–H groups in total. The van der Waals surface area contributed by atoms with Crippen LogP contribution in [0.25, 0.3) is 21.8 Å². The van der Waals surface area contributed by atoms with Crippen LogP contribution in [0.1, 0.15) is 55.3 Å². The van der Waals surface area contributed by atoms with Gasteiger partial charge in [-0.1, -0.05) is 18.9 Å². The van der Waals surface area contributed by atoms with Gasteiger partial charge in [-0.2, -0.15) is 0 Å². The predicted molar refractivity (Wildman–Crippen MR) is 155 cm³/mol. The lowest BCUT2D eigenvalue weighted by Crippen LogP contribution is -2.44. The summed E-state index contributed by atoms with van der Waals surface area (Å²) in [5.41, 5.74) is 3.58. The van der Waals surface area contributed by atoms with E-state index in [4.69, 9.17) is 9.72 Å². The van der Waals surface area contributed by atoms with Crippen molar-refractivity contribution in [1.82, 2.24) is 19.8 Å². The van der Waals surface area contributed by atoms with Gasteiger partial charge in [0.2, 0.25) is 5.91 Å². The van der Waals surface area contributed by atoms with Crippen LogP contribution in [-0.2, 0) is 4.79 Å². The Morgan fingerprint density at radius 2 is 1.85 bits per heavy atom. The van der Waals surface area contributed by atoms with Crippen LogP contribution in [-0.4, -0.2) is 71.9 Å². The van der Waals surface area contributed by atoms with Gasteiger partial charge >= 0.3 is 0 Å². The molecule has 0 unspecified atom stereocenters. The van der Waals surface area contributed by atoms with E-state index in [1.165, 1.54) is 24.2 Å². The lowest BCUT2D eigenvalue weighted by Gasteiger charge is -2.35. The minimum Gasteiger partial charge on any atom is -0.496 e. The van der Waals surface area contributed by atoms with Crippen LogP contribution >= 0.6 is 11.3 Å². The minimum absolute atomic E-state index is 0.0334. The number of aromatic nitrogens is 2. The van der Waals surface area contributed by atoms with Crippen molar-refractivity contribution in [3.8, 4) is 27.6 Å². The Bertz CT molecular complexity index is 1310. The lowest BCUT2D eigenvalue weighted by atomic mass is 10.0. The number of carbonyl (C=O) groups is 2. The maximum absolute atomic E-state index is 13.3. The Balaban J connectivity index is 1.29. The molecule has 3 aromatic rings. The molecule has 8 nitrogen and oxygen atoms in total. The summed E-state index contributed by atoms with van der Waals surface area (Å²) < 4.78 is 5.64. The average Bonchev–Trinajstić information content (AvgIpc) is 3.65. The smallest absolute Gasteiger partial charge is 0.257 e. The van der Waals surface area contributed by atoms with Crippen molar-refractivity contribution < 1.29 is 14.3 Å². The van der Waals surface area contributed by atoms with Gasteiger partial charge in [-0.25, -0.2) is 4.98 Å². The molecule has 0 radical (unpaired) electrons. The van der Waals surface area contributed by atoms with Gasteiger partial charge in [0.1, 0.15) is 5.75 Å². The molecule has 0 spiro atoms. The van der Waals surface area contributed by atoms with Crippen molar-refractivity contribution in [2.75, 3.05) is 39.6 Å². The Morgan fingerprint density at radius 1 is 1.10 bits per heavy atom. The fourth-order valence-corrected chi connectivity index (χ4v) is 6.41. The Kier molecular flexibility index (Phi) is 8.57. The maximum Gasteiger partial charge on any atom is 0.257 e. The Labute approximate surface area is 234 Å². The molecule has 1 saturated heterocycles. The fourth-order valence-electron chi connectivity index (χ4n) is 5.61. The van der Waals surface area contributed by atoms with Crippen LogP contribution in [0.5, 0.6) is 5.75 Å². The number of methoxy groups -OCH3 is 1. The highest BCUT2D eigenvalue weighted by atomic mass is 32.1. The van der Waals surface area contributed by atoms with Gasteiger partial charge < -0.3 is 19.9 Å². The molecule has 1 aromatic carbocycles. The zero-order chi connectivity index (χ0) is 27.4. The van der Waals surface area contributed by atoms with Crippen molar-refractivity contribution in [2.24, 2.45) is 5.92 Å². The number of ether oxygens (including phenoxy) is 1. The Morgan fingerprint density at radius 3 is 2.59 bits per heavy atom. The van der Waals surface area contributed by atoms with Crippen molar-refractivity contribution in [2.45, 2.75) is 51.0 Å². The maximum atomic E-state index is 13.3. The summed E-state index contributed by atoms with van der Waals surface area (Å²) in [6.07, 6.45) is 10.7. The molecule has 9 heteroatoms. The van der Waals surface area contributed by atoms with Gasteiger partial charge in [0.05, 0.1) is 47.0 Å². The molecule has 0 bridgehead atoms. The number of hydrogen-bond donors (Lipinski definition) is 1. The molecule has 2 aliphatic rings. The number of nitrogens with zero attached hydrogens (tertiary/aromatic N) is 4. The molecule has 2 fully saturated rings. The molecule has 1 aliphatic carbocycles. The molecule has 1 aliphatic heterocycles. The molecule has 39 heavy (non-hydrogen) atoms. The normalized spacial score (nSPS) is 16.8. The number of anilines is 1. The summed E-state index contributed by atoms with van der Waals surface area (Å²) in [5, 5.41) is 4.99. The summed E-state index contributed by atoms with van der Waals surface area (Å²) in [5.74, 6) is 1.08. The summed E-state index contributed by atoms with van der Waals surface area (Å²) >= 11 is 1.53. The number of piperidine rings is 1. The van der Waals surface area contributed by atoms with E-state index in [9.17, 15) is 9.59 Å². The zero-order valence-corrected chi connectivity index (χ0v) is 23.8. The predicted octanol–water partition coefficient (Wildman–Crippen LogP) is 5.57. The van der Waals surface area contributed by atoms with E-state index >= 15 is 0 Å². The first-order chi connectivity index (χ1) is 18.9. The fraction of sp³-hybridized carbons (Fsp3) is 0.467. The standard InChI is InChI=1S/C30H37N5O3S/c1-34-12-10-23(11-13-34)35(2)30(37)24-9-8-21(15-27(24)38-3)25-17-31-18-26(33-25)28-16-22(19-39-28)32-29(36)14-20-6-4-5-7-20/h8-9,15-20,23H,4-7,10-14H2,1-3H3,(H,32,36).